The lowest BCUT2D eigenvalue weighted by molar-refractivity contribution is 0.102. The quantitative estimate of drug-likeness (QED) is 0.724. The van der Waals surface area contributed by atoms with Crippen molar-refractivity contribution in [3.8, 4) is 0 Å². The van der Waals surface area contributed by atoms with E-state index in [1.807, 2.05) is 32.0 Å². The zero-order chi connectivity index (χ0) is 12.4. The van der Waals surface area contributed by atoms with Crippen LogP contribution in [0, 0.1) is 13.8 Å². The van der Waals surface area contributed by atoms with Gasteiger partial charge in [-0.1, -0.05) is 6.07 Å². The SMILES string of the molecule is Cc1ccc(NC(=O)c2n[nH]nc2N)cc1C. The fourth-order valence-corrected chi connectivity index (χ4v) is 1.42. The highest BCUT2D eigenvalue weighted by Gasteiger charge is 2.14. The Bertz CT molecular complexity index is 561. The van der Waals surface area contributed by atoms with Gasteiger partial charge in [0.2, 0.25) is 0 Å². The van der Waals surface area contributed by atoms with E-state index in [0.29, 0.717) is 5.69 Å². The molecule has 1 amide bonds. The minimum absolute atomic E-state index is 0.0892. The number of hydrogen-bond donors (Lipinski definition) is 3. The standard InChI is InChI=1S/C11H13N5O/c1-6-3-4-8(5-7(6)2)13-11(17)9-10(12)15-16-14-9/h3-5H,1-2H3,(H,13,17)(H3,12,14,15,16). The number of aryl methyl sites for hydroxylation is 2. The van der Waals surface area contributed by atoms with Crippen molar-refractivity contribution in [1.29, 1.82) is 0 Å². The highest BCUT2D eigenvalue weighted by molar-refractivity contribution is 6.05. The average molecular weight is 231 g/mol. The Kier molecular flexibility index (Phi) is 2.78. The van der Waals surface area contributed by atoms with Gasteiger partial charge in [0.15, 0.2) is 11.5 Å². The first-order valence-corrected chi connectivity index (χ1v) is 5.13. The van der Waals surface area contributed by atoms with Gasteiger partial charge in [-0.25, -0.2) is 0 Å². The van der Waals surface area contributed by atoms with Gasteiger partial charge in [0, 0.05) is 5.69 Å². The number of nitrogens with zero attached hydrogens (tertiary/aromatic N) is 2. The third kappa shape index (κ3) is 2.25. The van der Waals surface area contributed by atoms with Crippen molar-refractivity contribution in [2.45, 2.75) is 13.8 Å². The molecule has 1 aromatic carbocycles. The molecule has 1 aromatic heterocycles. The van der Waals surface area contributed by atoms with E-state index in [1.165, 1.54) is 5.56 Å². The molecule has 0 saturated heterocycles. The number of rotatable bonds is 2. The Morgan fingerprint density at radius 1 is 1.29 bits per heavy atom. The largest absolute Gasteiger partial charge is 0.380 e. The number of anilines is 2. The van der Waals surface area contributed by atoms with Crippen molar-refractivity contribution in [2.75, 3.05) is 11.1 Å². The number of nitrogens with one attached hydrogen (secondary N) is 2. The summed E-state index contributed by atoms with van der Waals surface area (Å²) in [5, 5.41) is 12.3. The second-order valence-corrected chi connectivity index (χ2v) is 3.81. The summed E-state index contributed by atoms with van der Waals surface area (Å²) in [7, 11) is 0. The minimum Gasteiger partial charge on any atom is -0.380 e. The lowest BCUT2D eigenvalue weighted by Gasteiger charge is -2.06. The first-order valence-electron chi connectivity index (χ1n) is 5.13. The van der Waals surface area contributed by atoms with Crippen LogP contribution in [0.3, 0.4) is 0 Å². The van der Waals surface area contributed by atoms with Crippen molar-refractivity contribution in [3.63, 3.8) is 0 Å². The number of benzene rings is 1. The molecule has 17 heavy (non-hydrogen) atoms. The molecular formula is C11H13N5O. The topological polar surface area (TPSA) is 96.7 Å². The molecular weight excluding hydrogens is 218 g/mol. The summed E-state index contributed by atoms with van der Waals surface area (Å²) < 4.78 is 0. The van der Waals surface area contributed by atoms with Crippen LogP contribution in [0.2, 0.25) is 0 Å². The predicted molar refractivity (Wildman–Crippen MR) is 64.7 cm³/mol. The molecule has 0 aliphatic heterocycles. The molecule has 4 N–H and O–H groups in total. The van der Waals surface area contributed by atoms with E-state index in [2.05, 4.69) is 20.7 Å². The van der Waals surface area contributed by atoms with E-state index in [0.717, 1.165) is 5.56 Å². The van der Waals surface area contributed by atoms with E-state index >= 15 is 0 Å². The zero-order valence-corrected chi connectivity index (χ0v) is 9.61. The van der Waals surface area contributed by atoms with E-state index in [1.54, 1.807) is 0 Å². The van der Waals surface area contributed by atoms with Crippen molar-refractivity contribution in [1.82, 2.24) is 15.4 Å². The van der Waals surface area contributed by atoms with Crippen LogP contribution in [0.4, 0.5) is 11.5 Å². The maximum atomic E-state index is 11.8. The molecule has 0 atom stereocenters. The van der Waals surface area contributed by atoms with Crippen LogP contribution >= 0.6 is 0 Å². The summed E-state index contributed by atoms with van der Waals surface area (Å²) in [6, 6.07) is 5.66. The van der Waals surface area contributed by atoms with E-state index in [9.17, 15) is 4.79 Å². The smallest absolute Gasteiger partial charge is 0.280 e. The third-order valence-corrected chi connectivity index (χ3v) is 2.55. The molecule has 1 heterocycles. The normalized spacial score (nSPS) is 10.2. The third-order valence-electron chi connectivity index (χ3n) is 2.55. The van der Waals surface area contributed by atoms with Crippen molar-refractivity contribution in [3.05, 3.63) is 35.0 Å². The van der Waals surface area contributed by atoms with E-state index in [4.69, 9.17) is 5.73 Å². The minimum atomic E-state index is -0.375. The second-order valence-electron chi connectivity index (χ2n) is 3.81. The van der Waals surface area contributed by atoms with Gasteiger partial charge < -0.3 is 11.1 Å². The number of H-pyrrole nitrogens is 1. The van der Waals surface area contributed by atoms with Gasteiger partial charge in [0.25, 0.3) is 5.91 Å². The van der Waals surface area contributed by atoms with Gasteiger partial charge in [0.05, 0.1) is 0 Å². The molecule has 88 valence electrons. The van der Waals surface area contributed by atoms with Crippen LogP contribution in [-0.2, 0) is 0 Å². The number of nitrogen functional groups attached to an aromatic ring is 1. The highest BCUT2D eigenvalue weighted by Crippen LogP contribution is 2.15. The summed E-state index contributed by atoms with van der Waals surface area (Å²) >= 11 is 0. The zero-order valence-electron chi connectivity index (χ0n) is 9.61. The average Bonchev–Trinajstić information content (AvgIpc) is 2.70. The monoisotopic (exact) mass is 231 g/mol. The number of aromatic nitrogens is 3. The molecule has 0 spiro atoms. The van der Waals surface area contributed by atoms with E-state index in [-0.39, 0.29) is 17.4 Å². The first kappa shape index (κ1) is 11.1. The first-order chi connectivity index (χ1) is 8.08. The molecule has 0 saturated carbocycles. The molecule has 0 aliphatic carbocycles. The number of carbonyl (C=O) groups excluding carboxylic acids is 1. The molecule has 2 aromatic rings. The Morgan fingerprint density at radius 3 is 2.65 bits per heavy atom. The Balaban J connectivity index is 2.19. The van der Waals surface area contributed by atoms with Crippen LogP contribution in [0.15, 0.2) is 18.2 Å². The number of carbonyl (C=O) groups is 1. The van der Waals surface area contributed by atoms with Gasteiger partial charge in [0.1, 0.15) is 0 Å². The van der Waals surface area contributed by atoms with Gasteiger partial charge in [-0.05, 0) is 37.1 Å². The Labute approximate surface area is 98.2 Å². The molecule has 6 nitrogen and oxygen atoms in total. The van der Waals surface area contributed by atoms with E-state index < -0.39 is 0 Å². The number of amides is 1. The maximum absolute atomic E-state index is 11.8. The van der Waals surface area contributed by atoms with Crippen LogP contribution < -0.4 is 11.1 Å². The lowest BCUT2D eigenvalue weighted by atomic mass is 10.1. The van der Waals surface area contributed by atoms with Crippen molar-refractivity contribution >= 4 is 17.4 Å². The van der Waals surface area contributed by atoms with Gasteiger partial charge in [-0.3, -0.25) is 4.79 Å². The molecule has 0 unspecified atom stereocenters. The number of aromatic amines is 1. The van der Waals surface area contributed by atoms with Crippen LogP contribution in [-0.4, -0.2) is 21.3 Å². The summed E-state index contributed by atoms with van der Waals surface area (Å²) in [5.41, 5.74) is 8.57. The van der Waals surface area contributed by atoms with Crippen LogP contribution in [0.25, 0.3) is 0 Å². The summed E-state index contributed by atoms with van der Waals surface area (Å²) in [5.74, 6) is -0.286. The predicted octanol–water partition coefficient (Wildman–Crippen LogP) is 1.26. The molecule has 0 fully saturated rings. The highest BCUT2D eigenvalue weighted by atomic mass is 16.2. The maximum Gasteiger partial charge on any atom is 0.280 e. The second kappa shape index (κ2) is 4.25. The van der Waals surface area contributed by atoms with Crippen molar-refractivity contribution in [2.24, 2.45) is 0 Å². The molecule has 6 heteroatoms. The molecule has 0 aliphatic rings. The van der Waals surface area contributed by atoms with Gasteiger partial charge in [-0.2, -0.15) is 5.21 Å². The van der Waals surface area contributed by atoms with Crippen LogP contribution in [0.5, 0.6) is 0 Å². The van der Waals surface area contributed by atoms with Crippen molar-refractivity contribution < 1.29 is 4.79 Å². The molecule has 2 rings (SSSR count). The van der Waals surface area contributed by atoms with Gasteiger partial charge in [-0.15, -0.1) is 10.2 Å². The summed E-state index contributed by atoms with van der Waals surface area (Å²) in [4.78, 5) is 11.8. The number of hydrogen-bond acceptors (Lipinski definition) is 4. The summed E-state index contributed by atoms with van der Waals surface area (Å²) in [6.07, 6.45) is 0. The van der Waals surface area contributed by atoms with Gasteiger partial charge >= 0.3 is 0 Å². The Hall–Kier alpha value is -2.37. The molecule has 0 radical (unpaired) electrons. The Morgan fingerprint density at radius 2 is 2.06 bits per heavy atom. The van der Waals surface area contributed by atoms with Crippen LogP contribution in [0.1, 0.15) is 21.6 Å². The molecule has 0 bridgehead atoms. The fraction of sp³-hybridized carbons (Fsp3) is 0.182. The lowest BCUT2D eigenvalue weighted by Crippen LogP contribution is -2.14. The fourth-order valence-electron chi connectivity index (χ4n) is 1.42. The summed E-state index contributed by atoms with van der Waals surface area (Å²) in [6.45, 7) is 3.99. The number of nitrogens with two attached hydrogens (primary N) is 1.